The number of hydrogen-bond donors (Lipinski definition) is 3. The maximum Gasteiger partial charge on any atom is 0.256 e. The van der Waals surface area contributed by atoms with Crippen LogP contribution in [0.5, 0.6) is 5.75 Å². The summed E-state index contributed by atoms with van der Waals surface area (Å²) in [5, 5.41) is 12.4. The number of aliphatic hydroxyl groups excluding tert-OH is 1. The van der Waals surface area contributed by atoms with E-state index in [4.69, 9.17) is 14.9 Å². The van der Waals surface area contributed by atoms with E-state index in [0.29, 0.717) is 34.6 Å². The quantitative estimate of drug-likeness (QED) is 0.543. The summed E-state index contributed by atoms with van der Waals surface area (Å²) in [6.45, 7) is -0.170. The number of furan rings is 1. The fourth-order valence-corrected chi connectivity index (χ4v) is 3.23. The molecule has 0 radical (unpaired) electrons. The van der Waals surface area contributed by atoms with Crippen molar-refractivity contribution in [3.63, 3.8) is 0 Å². The zero-order chi connectivity index (χ0) is 20.4. The summed E-state index contributed by atoms with van der Waals surface area (Å²) >= 11 is 0. The van der Waals surface area contributed by atoms with Gasteiger partial charge in [0.05, 0.1) is 12.2 Å². The number of nitrogens with one attached hydrogen (secondary N) is 1. The molecule has 7 nitrogen and oxygen atoms in total. The van der Waals surface area contributed by atoms with Gasteiger partial charge in [-0.3, -0.25) is 9.59 Å². The molecule has 150 valence electrons. The molecule has 1 heterocycles. The van der Waals surface area contributed by atoms with Crippen molar-refractivity contribution in [3.8, 4) is 5.75 Å². The first kappa shape index (κ1) is 19.0. The molecule has 4 rings (SSSR count). The van der Waals surface area contributed by atoms with Crippen LogP contribution in [0.3, 0.4) is 0 Å². The second kappa shape index (κ2) is 7.97. The van der Waals surface area contributed by atoms with Crippen LogP contribution in [0.1, 0.15) is 40.4 Å². The Balaban J connectivity index is 1.64. The van der Waals surface area contributed by atoms with Crippen molar-refractivity contribution in [3.05, 3.63) is 65.4 Å². The summed E-state index contributed by atoms with van der Waals surface area (Å²) in [4.78, 5) is 24.3. The Hall–Kier alpha value is -3.32. The third-order valence-electron chi connectivity index (χ3n) is 4.94. The van der Waals surface area contributed by atoms with Crippen LogP contribution in [0.4, 0.5) is 0 Å². The van der Waals surface area contributed by atoms with E-state index >= 15 is 0 Å². The van der Waals surface area contributed by atoms with E-state index in [2.05, 4.69) is 5.32 Å². The molecule has 2 aromatic carbocycles. The van der Waals surface area contributed by atoms with Crippen molar-refractivity contribution in [2.24, 2.45) is 5.73 Å². The highest BCUT2D eigenvalue weighted by atomic mass is 16.5. The van der Waals surface area contributed by atoms with Crippen molar-refractivity contribution >= 4 is 22.8 Å². The van der Waals surface area contributed by atoms with Crippen LogP contribution < -0.4 is 15.8 Å². The Kier molecular flexibility index (Phi) is 5.22. The molecule has 7 heteroatoms. The minimum Gasteiger partial charge on any atom is -0.489 e. The number of carbonyl (C=O) groups is 2. The Labute approximate surface area is 167 Å². The molecule has 0 unspecified atom stereocenters. The number of aliphatic hydroxyl groups is 1. The zero-order valence-electron chi connectivity index (χ0n) is 15.8. The number of benzene rings is 2. The van der Waals surface area contributed by atoms with Crippen LogP contribution in [0.15, 0.2) is 52.9 Å². The number of nitrogens with two attached hydrogens (primary N) is 1. The van der Waals surface area contributed by atoms with E-state index in [1.807, 2.05) is 30.3 Å². The van der Waals surface area contributed by atoms with Crippen LogP contribution in [0.25, 0.3) is 11.0 Å². The largest absolute Gasteiger partial charge is 0.489 e. The molecule has 1 saturated carbocycles. The Bertz CT molecular complexity index is 1040. The topological polar surface area (TPSA) is 115 Å². The fraction of sp³-hybridized carbons (Fsp3) is 0.273. The second-order valence-corrected chi connectivity index (χ2v) is 7.16. The zero-order valence-corrected chi connectivity index (χ0v) is 15.8. The minimum absolute atomic E-state index is 0.179. The number of rotatable bonds is 8. The summed E-state index contributed by atoms with van der Waals surface area (Å²) in [5.41, 5.74) is 7.21. The SMILES string of the molecule is NC(=O)[C@H](CO)NC(=O)c1c(C2CC2)oc2ccc(OCc3ccccc3)cc12. The molecule has 0 spiro atoms. The molecule has 0 aliphatic heterocycles. The molecule has 29 heavy (non-hydrogen) atoms. The van der Waals surface area contributed by atoms with Crippen LogP contribution in [0, 0.1) is 0 Å². The Morgan fingerprint density at radius 1 is 1.21 bits per heavy atom. The normalized spacial score (nSPS) is 14.5. The lowest BCUT2D eigenvalue weighted by Gasteiger charge is -2.13. The maximum atomic E-state index is 12.9. The van der Waals surface area contributed by atoms with Crippen LogP contribution in [-0.4, -0.2) is 29.6 Å². The van der Waals surface area contributed by atoms with Gasteiger partial charge >= 0.3 is 0 Å². The van der Waals surface area contributed by atoms with E-state index in [9.17, 15) is 14.7 Å². The minimum atomic E-state index is -1.16. The van der Waals surface area contributed by atoms with Gasteiger partial charge in [0, 0.05) is 11.3 Å². The summed E-state index contributed by atoms with van der Waals surface area (Å²) in [5.74, 6) is 0.0845. The van der Waals surface area contributed by atoms with E-state index in [1.54, 1.807) is 18.2 Å². The first-order valence-electron chi connectivity index (χ1n) is 9.51. The van der Waals surface area contributed by atoms with Crippen molar-refractivity contribution in [2.75, 3.05) is 6.61 Å². The molecule has 1 aliphatic rings. The molecule has 0 saturated heterocycles. The average molecular weight is 394 g/mol. The van der Waals surface area contributed by atoms with Gasteiger partial charge in [0.15, 0.2) is 0 Å². The lowest BCUT2D eigenvalue weighted by Crippen LogP contribution is -2.46. The number of carbonyl (C=O) groups excluding carboxylic acids is 2. The van der Waals surface area contributed by atoms with Gasteiger partial charge in [0.2, 0.25) is 5.91 Å². The predicted molar refractivity (Wildman–Crippen MR) is 106 cm³/mol. The van der Waals surface area contributed by atoms with Crippen molar-refractivity contribution < 1.29 is 23.8 Å². The molecule has 1 fully saturated rings. The lowest BCUT2D eigenvalue weighted by molar-refractivity contribution is -0.120. The van der Waals surface area contributed by atoms with Gasteiger partial charge < -0.3 is 25.3 Å². The first-order chi connectivity index (χ1) is 14.1. The second-order valence-electron chi connectivity index (χ2n) is 7.16. The Morgan fingerprint density at radius 3 is 2.62 bits per heavy atom. The van der Waals surface area contributed by atoms with Gasteiger partial charge in [-0.05, 0) is 36.6 Å². The number of ether oxygens (including phenoxy) is 1. The summed E-state index contributed by atoms with van der Waals surface area (Å²) in [6, 6.07) is 14.0. The van der Waals surface area contributed by atoms with Crippen LogP contribution in [0.2, 0.25) is 0 Å². The molecule has 3 aromatic rings. The first-order valence-corrected chi connectivity index (χ1v) is 9.51. The number of primary amides is 1. The molecular weight excluding hydrogens is 372 g/mol. The van der Waals surface area contributed by atoms with Gasteiger partial charge in [0.25, 0.3) is 5.91 Å². The Morgan fingerprint density at radius 2 is 1.97 bits per heavy atom. The van der Waals surface area contributed by atoms with Crippen LogP contribution in [-0.2, 0) is 11.4 Å². The third-order valence-corrected chi connectivity index (χ3v) is 4.94. The highest BCUT2D eigenvalue weighted by Crippen LogP contribution is 2.45. The third kappa shape index (κ3) is 4.09. The van der Waals surface area contributed by atoms with E-state index in [0.717, 1.165) is 18.4 Å². The molecule has 0 bridgehead atoms. The average Bonchev–Trinajstić information content (AvgIpc) is 3.51. The van der Waals surface area contributed by atoms with Gasteiger partial charge in [0.1, 0.15) is 29.7 Å². The van der Waals surface area contributed by atoms with Crippen molar-refractivity contribution in [1.82, 2.24) is 5.32 Å². The number of fused-ring (bicyclic) bond motifs is 1. The number of hydrogen-bond acceptors (Lipinski definition) is 5. The van der Waals surface area contributed by atoms with Crippen LogP contribution >= 0.6 is 0 Å². The highest BCUT2D eigenvalue weighted by Gasteiger charge is 2.34. The highest BCUT2D eigenvalue weighted by molar-refractivity contribution is 6.09. The van der Waals surface area contributed by atoms with Gasteiger partial charge in [-0.25, -0.2) is 0 Å². The van der Waals surface area contributed by atoms with E-state index in [-0.39, 0.29) is 5.92 Å². The van der Waals surface area contributed by atoms with E-state index < -0.39 is 24.5 Å². The summed E-state index contributed by atoms with van der Waals surface area (Å²) in [7, 11) is 0. The molecule has 1 aromatic heterocycles. The monoisotopic (exact) mass is 394 g/mol. The van der Waals surface area contributed by atoms with E-state index in [1.165, 1.54) is 0 Å². The van der Waals surface area contributed by atoms with Crippen molar-refractivity contribution in [2.45, 2.75) is 31.4 Å². The van der Waals surface area contributed by atoms with Crippen molar-refractivity contribution in [1.29, 1.82) is 0 Å². The lowest BCUT2D eigenvalue weighted by atomic mass is 10.1. The molecule has 4 N–H and O–H groups in total. The molecule has 1 atom stereocenters. The van der Waals surface area contributed by atoms with Gasteiger partial charge in [-0.2, -0.15) is 0 Å². The smallest absolute Gasteiger partial charge is 0.256 e. The summed E-state index contributed by atoms with van der Waals surface area (Å²) in [6.07, 6.45) is 1.88. The summed E-state index contributed by atoms with van der Waals surface area (Å²) < 4.78 is 11.8. The molecular formula is C22H22N2O5. The molecule has 1 aliphatic carbocycles. The standard InChI is InChI=1S/C22H22N2O5/c23-21(26)17(11-25)24-22(27)19-16-10-15(28-12-13-4-2-1-3-5-13)8-9-18(16)29-20(19)14-6-7-14/h1-5,8-10,14,17,25H,6-7,11-12H2,(H2,23,26)(H,24,27)/t17-/m0/s1. The number of amides is 2. The van der Waals surface area contributed by atoms with Gasteiger partial charge in [-0.1, -0.05) is 30.3 Å². The fourth-order valence-electron chi connectivity index (χ4n) is 3.23. The van der Waals surface area contributed by atoms with Gasteiger partial charge in [-0.15, -0.1) is 0 Å². The predicted octanol–water partition coefficient (Wildman–Crippen LogP) is 2.47. The maximum absolute atomic E-state index is 12.9. The molecule has 2 amide bonds.